The second-order valence-electron chi connectivity index (χ2n) is 4.03. The average molecular weight is 205 g/mol. The Morgan fingerprint density at radius 3 is 2.73 bits per heavy atom. The number of carbonyl (C=O) groups is 1. The van der Waals surface area contributed by atoms with Crippen molar-refractivity contribution < 1.29 is 10.1 Å². The Labute approximate surface area is 90.1 Å². The largest absolute Gasteiger partial charge is 0.343 e. The number of rotatable bonds is 1. The molecule has 1 fully saturated rings. The summed E-state index contributed by atoms with van der Waals surface area (Å²) in [6.45, 7) is 5.80. The standard InChI is InChI=1S/C12H16N2O/c1-10-3-2-4-11(9-10)12(15)14-7-5-13-6-8-14/h2-4,9,13H,5-8H2,1H3/p+1. The number of nitrogens with zero attached hydrogens (tertiary/aromatic N) is 1. The Kier molecular flexibility index (Phi) is 3.02. The molecule has 1 amide bonds. The van der Waals surface area contributed by atoms with Crippen molar-refractivity contribution in [2.45, 2.75) is 6.92 Å². The molecule has 2 N–H and O–H groups in total. The highest BCUT2D eigenvalue weighted by Gasteiger charge is 2.19. The molecule has 15 heavy (non-hydrogen) atoms. The molecule has 1 heterocycles. The average Bonchev–Trinajstić information content (AvgIpc) is 2.29. The van der Waals surface area contributed by atoms with Gasteiger partial charge in [0.25, 0.3) is 5.91 Å². The molecule has 0 unspecified atom stereocenters. The van der Waals surface area contributed by atoms with Gasteiger partial charge in [0.2, 0.25) is 0 Å². The predicted molar refractivity (Wildman–Crippen MR) is 58.7 cm³/mol. The van der Waals surface area contributed by atoms with Gasteiger partial charge in [-0.15, -0.1) is 0 Å². The van der Waals surface area contributed by atoms with Crippen molar-refractivity contribution in [1.82, 2.24) is 4.90 Å². The number of carbonyl (C=O) groups excluding carboxylic acids is 1. The van der Waals surface area contributed by atoms with Crippen LogP contribution in [0.2, 0.25) is 0 Å². The van der Waals surface area contributed by atoms with Crippen molar-refractivity contribution in [1.29, 1.82) is 0 Å². The van der Waals surface area contributed by atoms with E-state index in [9.17, 15) is 4.79 Å². The predicted octanol–water partition coefficient (Wildman–Crippen LogP) is 0.0142. The Morgan fingerprint density at radius 2 is 2.07 bits per heavy atom. The van der Waals surface area contributed by atoms with E-state index in [2.05, 4.69) is 5.32 Å². The van der Waals surface area contributed by atoms with Crippen LogP contribution in [0.3, 0.4) is 0 Å². The van der Waals surface area contributed by atoms with Crippen LogP contribution in [0.15, 0.2) is 24.3 Å². The first-order chi connectivity index (χ1) is 7.27. The molecule has 0 spiro atoms. The number of piperazine rings is 1. The van der Waals surface area contributed by atoms with Crippen LogP contribution < -0.4 is 5.32 Å². The highest BCUT2D eigenvalue weighted by Crippen LogP contribution is 2.07. The van der Waals surface area contributed by atoms with E-state index in [0.717, 1.165) is 37.3 Å². The second kappa shape index (κ2) is 4.45. The third-order valence-electron chi connectivity index (χ3n) is 2.76. The molecule has 0 radical (unpaired) electrons. The molecule has 80 valence electrons. The molecule has 1 saturated heterocycles. The summed E-state index contributed by atoms with van der Waals surface area (Å²) in [5.41, 5.74) is 1.96. The summed E-state index contributed by atoms with van der Waals surface area (Å²) in [4.78, 5) is 14.0. The van der Waals surface area contributed by atoms with E-state index in [1.54, 1.807) is 0 Å². The maximum atomic E-state index is 12.1. The summed E-state index contributed by atoms with van der Waals surface area (Å²) in [5, 5.41) is 2.25. The van der Waals surface area contributed by atoms with Crippen LogP contribution in [0.4, 0.5) is 0 Å². The van der Waals surface area contributed by atoms with E-state index in [1.807, 2.05) is 36.1 Å². The van der Waals surface area contributed by atoms with Crippen LogP contribution >= 0.6 is 0 Å². The molecule has 0 aliphatic carbocycles. The molecule has 1 aromatic carbocycles. The first-order valence-corrected chi connectivity index (χ1v) is 5.45. The Hall–Kier alpha value is -1.35. The number of hydrogen-bond acceptors (Lipinski definition) is 1. The van der Waals surface area contributed by atoms with Crippen molar-refractivity contribution >= 4 is 5.91 Å². The lowest BCUT2D eigenvalue weighted by Gasteiger charge is -2.25. The molecule has 3 heteroatoms. The smallest absolute Gasteiger partial charge is 0.254 e. The van der Waals surface area contributed by atoms with Crippen molar-refractivity contribution in [3.63, 3.8) is 0 Å². The van der Waals surface area contributed by atoms with Gasteiger partial charge in [0.1, 0.15) is 0 Å². The number of amides is 1. The van der Waals surface area contributed by atoms with Gasteiger partial charge in [-0.25, -0.2) is 0 Å². The van der Waals surface area contributed by atoms with Gasteiger partial charge in [-0.1, -0.05) is 17.7 Å². The fourth-order valence-corrected chi connectivity index (χ4v) is 1.91. The minimum absolute atomic E-state index is 0.173. The second-order valence-corrected chi connectivity index (χ2v) is 4.03. The highest BCUT2D eigenvalue weighted by atomic mass is 16.2. The van der Waals surface area contributed by atoms with Gasteiger partial charge in [-0.3, -0.25) is 4.79 Å². The maximum Gasteiger partial charge on any atom is 0.254 e. The molecular formula is C12H17N2O+. The van der Waals surface area contributed by atoms with E-state index in [-0.39, 0.29) is 5.91 Å². The summed E-state index contributed by atoms with van der Waals surface area (Å²) in [6.07, 6.45) is 0. The molecule has 3 nitrogen and oxygen atoms in total. The van der Waals surface area contributed by atoms with Crippen LogP contribution in [0.5, 0.6) is 0 Å². The van der Waals surface area contributed by atoms with E-state index in [0.29, 0.717) is 0 Å². The maximum absolute atomic E-state index is 12.1. The Balaban J connectivity index is 2.12. The van der Waals surface area contributed by atoms with Gasteiger partial charge in [-0.2, -0.15) is 0 Å². The molecule has 1 aliphatic rings. The summed E-state index contributed by atoms with van der Waals surface area (Å²) in [6, 6.07) is 7.81. The number of benzene rings is 1. The molecule has 0 saturated carbocycles. The lowest BCUT2D eigenvalue weighted by atomic mass is 10.1. The number of quaternary nitrogens is 1. The third kappa shape index (κ3) is 2.36. The minimum atomic E-state index is 0.173. The zero-order chi connectivity index (χ0) is 10.7. The lowest BCUT2D eigenvalue weighted by Crippen LogP contribution is -2.89. The van der Waals surface area contributed by atoms with Gasteiger partial charge >= 0.3 is 0 Å². The van der Waals surface area contributed by atoms with Crippen LogP contribution in [-0.4, -0.2) is 37.0 Å². The Morgan fingerprint density at radius 1 is 1.33 bits per heavy atom. The summed E-state index contributed by atoms with van der Waals surface area (Å²) < 4.78 is 0. The monoisotopic (exact) mass is 205 g/mol. The number of hydrogen-bond donors (Lipinski definition) is 1. The van der Waals surface area contributed by atoms with Crippen molar-refractivity contribution in [2.24, 2.45) is 0 Å². The summed E-state index contributed by atoms with van der Waals surface area (Å²) >= 11 is 0. The molecule has 1 aromatic rings. The molecular weight excluding hydrogens is 188 g/mol. The van der Waals surface area contributed by atoms with Gasteiger partial charge < -0.3 is 10.2 Å². The molecule has 0 bridgehead atoms. The van der Waals surface area contributed by atoms with Gasteiger partial charge in [-0.05, 0) is 19.1 Å². The van der Waals surface area contributed by atoms with Gasteiger partial charge in [0.05, 0.1) is 26.2 Å². The van der Waals surface area contributed by atoms with Crippen molar-refractivity contribution in [3.8, 4) is 0 Å². The summed E-state index contributed by atoms with van der Waals surface area (Å²) in [7, 11) is 0. The first kappa shape index (κ1) is 10.2. The van der Waals surface area contributed by atoms with Crippen molar-refractivity contribution in [3.05, 3.63) is 35.4 Å². The summed E-state index contributed by atoms with van der Waals surface area (Å²) in [5.74, 6) is 0.173. The SMILES string of the molecule is Cc1cccc(C(=O)N2CC[NH2+]CC2)c1. The zero-order valence-electron chi connectivity index (χ0n) is 9.07. The number of aryl methyl sites for hydroxylation is 1. The quantitative estimate of drug-likeness (QED) is 0.689. The fourth-order valence-electron chi connectivity index (χ4n) is 1.91. The fraction of sp³-hybridized carbons (Fsp3) is 0.417. The first-order valence-electron chi connectivity index (χ1n) is 5.45. The van der Waals surface area contributed by atoms with Crippen LogP contribution in [-0.2, 0) is 0 Å². The van der Waals surface area contributed by atoms with E-state index in [1.165, 1.54) is 0 Å². The van der Waals surface area contributed by atoms with Crippen molar-refractivity contribution in [2.75, 3.05) is 26.2 Å². The van der Waals surface area contributed by atoms with Gasteiger partial charge in [0, 0.05) is 5.56 Å². The van der Waals surface area contributed by atoms with Crippen LogP contribution in [0, 0.1) is 6.92 Å². The van der Waals surface area contributed by atoms with Gasteiger partial charge in [0.15, 0.2) is 0 Å². The minimum Gasteiger partial charge on any atom is -0.343 e. The normalized spacial score (nSPS) is 16.5. The third-order valence-corrected chi connectivity index (χ3v) is 2.76. The lowest BCUT2D eigenvalue weighted by molar-refractivity contribution is -0.661. The number of nitrogens with two attached hydrogens (primary N) is 1. The van der Waals surface area contributed by atoms with E-state index in [4.69, 9.17) is 0 Å². The molecule has 0 atom stereocenters. The molecule has 1 aliphatic heterocycles. The van der Waals surface area contributed by atoms with E-state index < -0.39 is 0 Å². The molecule has 2 rings (SSSR count). The molecule has 0 aromatic heterocycles. The zero-order valence-corrected chi connectivity index (χ0v) is 9.07. The van der Waals surface area contributed by atoms with E-state index >= 15 is 0 Å². The Bertz CT molecular complexity index is 356. The van der Waals surface area contributed by atoms with Crippen LogP contribution in [0.1, 0.15) is 15.9 Å². The highest BCUT2D eigenvalue weighted by molar-refractivity contribution is 5.94. The van der Waals surface area contributed by atoms with Crippen LogP contribution in [0.25, 0.3) is 0 Å². The topological polar surface area (TPSA) is 36.9 Å².